The lowest BCUT2D eigenvalue weighted by Crippen LogP contribution is -2.15. The minimum atomic E-state index is -0.442. The van der Waals surface area contributed by atoms with Gasteiger partial charge in [0.2, 0.25) is 0 Å². The SMILES string of the molecule is CC(C)(C)c1cc2c(O)c(c1)Cc1cc3cc4c1OCCOCCOCCOCCOCCOc1c(cc(cc1Cc1cc(C(C)(C)C)cc(c1O)C4)-c1cc([N+](=O)[O-])cc-3c1O)C2. The summed E-state index contributed by atoms with van der Waals surface area (Å²) in [7, 11) is 0. The van der Waals surface area contributed by atoms with Crippen LogP contribution < -0.4 is 9.47 Å². The first-order valence-corrected chi connectivity index (χ1v) is 22.2. The molecule has 8 rings (SSSR count). The summed E-state index contributed by atoms with van der Waals surface area (Å²) in [4.78, 5) is 12.3. The molecule has 0 unspecified atom stereocenters. The Balaban J connectivity index is 1.49. The average molecular weight is 874 g/mol. The van der Waals surface area contributed by atoms with Gasteiger partial charge in [0, 0.05) is 48.9 Å². The molecule has 5 aromatic rings. The van der Waals surface area contributed by atoms with Crippen LogP contribution in [0.1, 0.15) is 97.2 Å². The van der Waals surface area contributed by atoms with E-state index in [0.29, 0.717) is 107 Å². The van der Waals surface area contributed by atoms with Crippen LogP contribution >= 0.6 is 0 Å². The van der Waals surface area contributed by atoms with Gasteiger partial charge in [0.05, 0.1) is 57.8 Å². The first kappa shape index (κ1) is 44.9. The fourth-order valence-electron chi connectivity index (χ4n) is 8.79. The molecule has 1 heterocycles. The number of hydrogen-bond donors (Lipinski definition) is 3. The first-order valence-electron chi connectivity index (χ1n) is 22.2. The van der Waals surface area contributed by atoms with Crippen molar-refractivity contribution in [2.45, 2.75) is 78.1 Å². The number of phenolic OH excluding ortho intramolecular Hbond substituents is 3. The lowest BCUT2D eigenvalue weighted by Gasteiger charge is -2.27. The average Bonchev–Trinajstić information content (AvgIpc) is 3.22. The fourth-order valence-corrected chi connectivity index (χ4v) is 8.79. The summed E-state index contributed by atoms with van der Waals surface area (Å²) in [5, 5.41) is 50.0. The highest BCUT2D eigenvalue weighted by Crippen LogP contribution is 2.48. The van der Waals surface area contributed by atoms with Gasteiger partial charge >= 0.3 is 0 Å². The molecule has 3 aliphatic rings. The summed E-state index contributed by atoms with van der Waals surface area (Å²) in [6, 6.07) is 18.5. The predicted octanol–water partition coefficient (Wildman–Crippen LogP) is 9.47. The van der Waals surface area contributed by atoms with Gasteiger partial charge in [0.25, 0.3) is 5.69 Å². The summed E-state index contributed by atoms with van der Waals surface area (Å²) < 4.78 is 36.8. The van der Waals surface area contributed by atoms with Crippen molar-refractivity contribution in [1.29, 1.82) is 0 Å². The van der Waals surface area contributed by atoms with Gasteiger partial charge in [-0.1, -0.05) is 65.8 Å². The Morgan fingerprint density at radius 2 is 0.734 bits per heavy atom. The lowest BCUT2D eigenvalue weighted by molar-refractivity contribution is -0.384. The Kier molecular flexibility index (Phi) is 12.9. The van der Waals surface area contributed by atoms with Crippen molar-refractivity contribution < 1.29 is 48.7 Å². The number of rotatable bonds is 1. The molecule has 0 radical (unpaired) electrons. The quantitative estimate of drug-likeness (QED) is 0.107. The number of ether oxygens (including phenoxy) is 6. The van der Waals surface area contributed by atoms with Gasteiger partial charge < -0.3 is 43.7 Å². The number of benzene rings is 5. The smallest absolute Gasteiger partial charge is 0.270 e. The van der Waals surface area contributed by atoms with Gasteiger partial charge in [-0.25, -0.2) is 0 Å². The number of aromatic hydroxyl groups is 3. The van der Waals surface area contributed by atoms with E-state index < -0.39 is 4.92 Å². The molecule has 338 valence electrons. The second-order valence-electron chi connectivity index (χ2n) is 19.0. The fraction of sp³-hybridized carbons (Fsp3) is 0.423. The minimum absolute atomic E-state index is 0.118. The Labute approximate surface area is 374 Å². The molecule has 64 heavy (non-hydrogen) atoms. The number of phenols is 3. The van der Waals surface area contributed by atoms with E-state index in [1.165, 1.54) is 12.1 Å². The molecule has 5 aromatic carbocycles. The summed E-state index contributed by atoms with van der Waals surface area (Å²) in [5.74, 6) is 1.23. The van der Waals surface area contributed by atoms with Gasteiger partial charge in [-0.15, -0.1) is 0 Å². The summed E-state index contributed by atoms with van der Waals surface area (Å²) in [6.07, 6.45) is 0.847. The van der Waals surface area contributed by atoms with Crippen molar-refractivity contribution in [3.63, 3.8) is 0 Å². The Morgan fingerprint density at radius 3 is 1.02 bits per heavy atom. The van der Waals surface area contributed by atoms with E-state index in [1.54, 1.807) is 0 Å². The van der Waals surface area contributed by atoms with E-state index >= 15 is 0 Å². The lowest BCUT2D eigenvalue weighted by atomic mass is 9.80. The van der Waals surface area contributed by atoms with Crippen LogP contribution in [0.3, 0.4) is 0 Å². The zero-order valence-electron chi connectivity index (χ0n) is 37.7. The van der Waals surface area contributed by atoms with Crippen molar-refractivity contribution in [3.05, 3.63) is 126 Å². The number of hydrogen-bond acceptors (Lipinski definition) is 11. The Bertz CT molecular complexity index is 2300. The molecule has 12 heteroatoms. The van der Waals surface area contributed by atoms with E-state index in [4.69, 9.17) is 28.4 Å². The summed E-state index contributed by atoms with van der Waals surface area (Å²) in [6.45, 7) is 16.0. The highest BCUT2D eigenvalue weighted by molar-refractivity contribution is 5.86. The first-order chi connectivity index (χ1) is 30.5. The van der Waals surface area contributed by atoms with Crippen molar-refractivity contribution in [2.75, 3.05) is 66.1 Å². The number of nitro groups is 1. The van der Waals surface area contributed by atoms with Crippen molar-refractivity contribution >= 4 is 5.69 Å². The van der Waals surface area contributed by atoms with Crippen LogP contribution in [0.25, 0.3) is 22.3 Å². The monoisotopic (exact) mass is 873 g/mol. The van der Waals surface area contributed by atoms with Gasteiger partial charge in [-0.05, 0) is 102 Å². The van der Waals surface area contributed by atoms with Crippen LogP contribution in [0.2, 0.25) is 0 Å². The second-order valence-corrected chi connectivity index (χ2v) is 19.0. The standard InChI is InChI=1S/C52H59NO11/c1-51(2,3)41-25-33-21-37-17-31-19-39-23-35-27-42(52(4,5)6)28-36(47(35)55)24-40-20-32(45-30-43(53(57)58)29-44(31)48(45)56)18-38(22-34(26-41)46(33)54)50(40)64-16-14-62-12-10-60-8-7-59-9-11-61-13-15-63-49(37)39/h17-20,25-30,54-56H,7-16,21-24H2,1-6H3. The van der Waals surface area contributed by atoms with Crippen LogP contribution in [0.15, 0.2) is 60.7 Å². The maximum Gasteiger partial charge on any atom is 0.270 e. The molecule has 2 aliphatic carbocycles. The molecule has 0 saturated carbocycles. The van der Waals surface area contributed by atoms with Gasteiger partial charge in [0.1, 0.15) is 42.0 Å². The van der Waals surface area contributed by atoms with Crippen molar-refractivity contribution in [2.24, 2.45) is 0 Å². The Hall–Kier alpha value is -5.66. The topological polar surface area (TPSA) is 159 Å². The van der Waals surface area contributed by atoms with Crippen LogP contribution in [0, 0.1) is 10.1 Å². The molecule has 0 aromatic heterocycles. The third-order valence-electron chi connectivity index (χ3n) is 12.3. The van der Waals surface area contributed by atoms with E-state index in [9.17, 15) is 25.4 Å². The highest BCUT2D eigenvalue weighted by Gasteiger charge is 2.29. The van der Waals surface area contributed by atoms with Gasteiger partial charge in [0.15, 0.2) is 0 Å². The molecular formula is C52H59NO11. The molecule has 12 nitrogen and oxygen atoms in total. The number of nitro benzene ring substituents is 1. The Morgan fingerprint density at radius 1 is 0.438 bits per heavy atom. The van der Waals surface area contributed by atoms with Crippen LogP contribution in [0.4, 0.5) is 5.69 Å². The predicted molar refractivity (Wildman–Crippen MR) is 245 cm³/mol. The number of fused-ring (bicyclic) bond motifs is 6. The molecular weight excluding hydrogens is 815 g/mol. The van der Waals surface area contributed by atoms with E-state index in [2.05, 4.69) is 41.5 Å². The van der Waals surface area contributed by atoms with Gasteiger partial charge in [-0.3, -0.25) is 10.1 Å². The number of nitrogens with zero attached hydrogens (tertiary/aromatic N) is 1. The summed E-state index contributed by atoms with van der Waals surface area (Å²) in [5.41, 5.74) is 8.22. The zero-order valence-corrected chi connectivity index (χ0v) is 37.7. The minimum Gasteiger partial charge on any atom is -0.507 e. The molecule has 0 fully saturated rings. The van der Waals surface area contributed by atoms with E-state index in [-0.39, 0.29) is 97.0 Å². The third kappa shape index (κ3) is 9.70. The van der Waals surface area contributed by atoms with Crippen molar-refractivity contribution in [1.82, 2.24) is 0 Å². The molecule has 0 atom stereocenters. The third-order valence-corrected chi connectivity index (χ3v) is 12.3. The molecule has 0 saturated heterocycles. The maximum absolute atomic E-state index is 12.7. The van der Waals surface area contributed by atoms with Crippen molar-refractivity contribution in [3.8, 4) is 51.0 Å². The number of non-ortho nitro benzene ring substituents is 1. The molecule has 12 bridgehead atoms. The van der Waals surface area contributed by atoms with E-state index in [1.807, 2.05) is 48.5 Å². The highest BCUT2D eigenvalue weighted by atomic mass is 16.6. The molecule has 0 spiro atoms. The zero-order chi connectivity index (χ0) is 45.3. The van der Waals surface area contributed by atoms with E-state index in [0.717, 1.165) is 11.1 Å². The molecule has 0 amide bonds. The van der Waals surface area contributed by atoms with Crippen LogP contribution in [-0.2, 0) is 55.5 Å². The van der Waals surface area contributed by atoms with Gasteiger partial charge in [-0.2, -0.15) is 0 Å². The normalized spacial score (nSPS) is 16.3. The van der Waals surface area contributed by atoms with Crippen LogP contribution in [0.5, 0.6) is 28.7 Å². The second kappa shape index (κ2) is 18.4. The molecule has 3 N–H and O–H groups in total. The maximum atomic E-state index is 12.7. The van der Waals surface area contributed by atoms with Crippen LogP contribution in [-0.4, -0.2) is 86.3 Å². The summed E-state index contributed by atoms with van der Waals surface area (Å²) >= 11 is 0. The molecule has 1 aliphatic heterocycles. The largest absolute Gasteiger partial charge is 0.507 e.